The molecule has 0 amide bonds. The highest BCUT2D eigenvalue weighted by Crippen LogP contribution is 2.12. The number of nitrogens with one attached hydrogen (secondary N) is 1. The van der Waals surface area contributed by atoms with E-state index in [9.17, 15) is 0 Å². The molecule has 2 unspecified atom stereocenters. The predicted octanol–water partition coefficient (Wildman–Crippen LogP) is 1.50. The van der Waals surface area contributed by atoms with Crippen molar-refractivity contribution < 1.29 is 0 Å². The summed E-state index contributed by atoms with van der Waals surface area (Å²) in [5.74, 6) is 7.31. The molecule has 0 aliphatic heterocycles. The largest absolute Gasteiger partial charge is 0.271 e. The van der Waals surface area contributed by atoms with Crippen LogP contribution in [0, 0.1) is 5.92 Å². The first-order chi connectivity index (χ1) is 8.21. The topological polar surface area (TPSA) is 68.8 Å². The van der Waals surface area contributed by atoms with Gasteiger partial charge in [-0.2, -0.15) is 5.10 Å². The van der Waals surface area contributed by atoms with Gasteiger partial charge in [0, 0.05) is 19.0 Å². The molecule has 5 nitrogen and oxygen atoms in total. The van der Waals surface area contributed by atoms with Crippen LogP contribution in [0.3, 0.4) is 0 Å². The molecule has 1 rings (SSSR count). The van der Waals surface area contributed by atoms with Gasteiger partial charge in [-0.25, -0.2) is 4.98 Å². The minimum absolute atomic E-state index is 0.282. The van der Waals surface area contributed by atoms with Gasteiger partial charge in [0.2, 0.25) is 0 Å². The van der Waals surface area contributed by atoms with Crippen LogP contribution in [0.25, 0.3) is 0 Å². The molecule has 0 bridgehead atoms. The summed E-state index contributed by atoms with van der Waals surface area (Å²) in [6, 6.07) is 0.282. The zero-order chi connectivity index (χ0) is 12.7. The van der Waals surface area contributed by atoms with E-state index in [1.165, 1.54) is 6.42 Å². The Morgan fingerprint density at radius 1 is 1.47 bits per heavy atom. The van der Waals surface area contributed by atoms with Crippen molar-refractivity contribution in [3.05, 3.63) is 12.2 Å². The lowest BCUT2D eigenvalue weighted by molar-refractivity contribution is 0.385. The molecule has 0 aromatic carbocycles. The second-order valence-electron chi connectivity index (χ2n) is 4.72. The van der Waals surface area contributed by atoms with E-state index in [0.29, 0.717) is 5.92 Å². The van der Waals surface area contributed by atoms with Gasteiger partial charge in [0.15, 0.2) is 0 Å². The fraction of sp³-hybridized carbons (Fsp3) is 0.833. The monoisotopic (exact) mass is 239 g/mol. The molecule has 1 heterocycles. The summed E-state index contributed by atoms with van der Waals surface area (Å²) in [7, 11) is 0. The van der Waals surface area contributed by atoms with Gasteiger partial charge in [0.1, 0.15) is 12.2 Å². The SMILES string of the molecule is CCCn1ncnc1CC(CC(C)CC)NN. The van der Waals surface area contributed by atoms with E-state index in [-0.39, 0.29) is 6.04 Å². The van der Waals surface area contributed by atoms with Crippen LogP contribution in [0.1, 0.15) is 45.9 Å². The zero-order valence-electron chi connectivity index (χ0n) is 11.2. The van der Waals surface area contributed by atoms with Gasteiger partial charge in [-0.1, -0.05) is 27.2 Å². The van der Waals surface area contributed by atoms with Gasteiger partial charge in [0.05, 0.1) is 0 Å². The maximum Gasteiger partial charge on any atom is 0.138 e. The molecule has 0 aliphatic rings. The first-order valence-electron chi connectivity index (χ1n) is 6.54. The standard InChI is InChI=1S/C12H25N5/c1-4-6-17-12(14-9-15-17)8-11(16-13)7-10(3)5-2/h9-11,16H,4-8,13H2,1-3H3. The van der Waals surface area contributed by atoms with E-state index in [2.05, 4.69) is 36.3 Å². The first kappa shape index (κ1) is 14.1. The summed E-state index contributed by atoms with van der Waals surface area (Å²) < 4.78 is 1.97. The Labute approximate surface area is 104 Å². The van der Waals surface area contributed by atoms with E-state index in [4.69, 9.17) is 5.84 Å². The lowest BCUT2D eigenvalue weighted by atomic mass is 9.97. The van der Waals surface area contributed by atoms with Crippen LogP contribution in [0.15, 0.2) is 6.33 Å². The van der Waals surface area contributed by atoms with Crippen LogP contribution in [-0.4, -0.2) is 20.8 Å². The average molecular weight is 239 g/mol. The molecule has 2 atom stereocenters. The minimum atomic E-state index is 0.282. The van der Waals surface area contributed by atoms with Crippen molar-refractivity contribution in [1.29, 1.82) is 0 Å². The van der Waals surface area contributed by atoms with Crippen molar-refractivity contribution in [2.45, 2.75) is 59.0 Å². The molecule has 0 saturated carbocycles. The lowest BCUT2D eigenvalue weighted by Gasteiger charge is -2.19. The number of nitrogens with two attached hydrogens (primary N) is 1. The van der Waals surface area contributed by atoms with Crippen molar-refractivity contribution in [3.63, 3.8) is 0 Å². The number of aromatic nitrogens is 3. The molecule has 3 N–H and O–H groups in total. The molecular formula is C12H25N5. The van der Waals surface area contributed by atoms with Crippen LogP contribution in [0.5, 0.6) is 0 Å². The normalized spacial score (nSPS) is 14.8. The number of rotatable bonds is 8. The van der Waals surface area contributed by atoms with Crippen molar-refractivity contribution in [3.8, 4) is 0 Å². The van der Waals surface area contributed by atoms with Crippen molar-refractivity contribution in [2.24, 2.45) is 11.8 Å². The summed E-state index contributed by atoms with van der Waals surface area (Å²) in [4.78, 5) is 4.31. The molecule has 0 radical (unpaired) electrons. The maximum absolute atomic E-state index is 5.61. The van der Waals surface area contributed by atoms with Crippen LogP contribution in [0.2, 0.25) is 0 Å². The fourth-order valence-corrected chi connectivity index (χ4v) is 1.93. The van der Waals surface area contributed by atoms with Crippen molar-refractivity contribution in [2.75, 3.05) is 0 Å². The second-order valence-corrected chi connectivity index (χ2v) is 4.72. The Balaban J connectivity index is 2.57. The summed E-state index contributed by atoms with van der Waals surface area (Å²) >= 11 is 0. The minimum Gasteiger partial charge on any atom is -0.271 e. The van der Waals surface area contributed by atoms with Crippen LogP contribution < -0.4 is 11.3 Å². The average Bonchev–Trinajstić information content (AvgIpc) is 2.76. The van der Waals surface area contributed by atoms with E-state index in [0.717, 1.165) is 31.6 Å². The predicted molar refractivity (Wildman–Crippen MR) is 69.2 cm³/mol. The summed E-state index contributed by atoms with van der Waals surface area (Å²) in [6.07, 6.45) is 5.80. The number of aryl methyl sites for hydroxylation is 1. The highest BCUT2D eigenvalue weighted by atomic mass is 15.3. The van der Waals surface area contributed by atoms with E-state index in [1.54, 1.807) is 6.33 Å². The van der Waals surface area contributed by atoms with Crippen molar-refractivity contribution in [1.82, 2.24) is 20.2 Å². The Kier molecular flexibility index (Phi) is 6.15. The maximum atomic E-state index is 5.61. The fourth-order valence-electron chi connectivity index (χ4n) is 1.93. The molecule has 5 heteroatoms. The lowest BCUT2D eigenvalue weighted by Crippen LogP contribution is -2.38. The third kappa shape index (κ3) is 4.44. The second kappa shape index (κ2) is 7.40. The van der Waals surface area contributed by atoms with Gasteiger partial charge in [0.25, 0.3) is 0 Å². The molecule has 0 saturated heterocycles. The molecule has 17 heavy (non-hydrogen) atoms. The molecule has 0 aliphatic carbocycles. The number of hydrogen-bond donors (Lipinski definition) is 2. The van der Waals surface area contributed by atoms with Gasteiger partial charge in [-0.05, 0) is 18.8 Å². The van der Waals surface area contributed by atoms with Crippen molar-refractivity contribution >= 4 is 0 Å². The Bertz CT molecular complexity index is 310. The number of nitrogens with zero attached hydrogens (tertiary/aromatic N) is 3. The molecule has 1 aromatic rings. The van der Waals surface area contributed by atoms with E-state index >= 15 is 0 Å². The van der Waals surface area contributed by atoms with Crippen LogP contribution in [-0.2, 0) is 13.0 Å². The molecule has 98 valence electrons. The highest BCUT2D eigenvalue weighted by molar-refractivity contribution is 4.89. The van der Waals surface area contributed by atoms with E-state index < -0.39 is 0 Å². The number of hydrazine groups is 1. The Morgan fingerprint density at radius 3 is 2.82 bits per heavy atom. The Morgan fingerprint density at radius 2 is 2.24 bits per heavy atom. The van der Waals surface area contributed by atoms with Gasteiger partial charge in [-0.15, -0.1) is 0 Å². The van der Waals surface area contributed by atoms with Gasteiger partial charge in [-0.3, -0.25) is 16.0 Å². The summed E-state index contributed by atoms with van der Waals surface area (Å²) in [5.41, 5.74) is 2.89. The van der Waals surface area contributed by atoms with Gasteiger partial charge < -0.3 is 0 Å². The highest BCUT2D eigenvalue weighted by Gasteiger charge is 2.14. The first-order valence-corrected chi connectivity index (χ1v) is 6.54. The third-order valence-electron chi connectivity index (χ3n) is 3.18. The molecular weight excluding hydrogens is 214 g/mol. The van der Waals surface area contributed by atoms with E-state index in [1.807, 2.05) is 4.68 Å². The smallest absolute Gasteiger partial charge is 0.138 e. The van der Waals surface area contributed by atoms with Crippen LogP contribution in [0.4, 0.5) is 0 Å². The van der Waals surface area contributed by atoms with Gasteiger partial charge >= 0.3 is 0 Å². The zero-order valence-corrected chi connectivity index (χ0v) is 11.2. The quantitative estimate of drug-likeness (QED) is 0.533. The summed E-state index contributed by atoms with van der Waals surface area (Å²) in [6.45, 7) is 7.53. The Hall–Kier alpha value is -0.940. The number of hydrogen-bond acceptors (Lipinski definition) is 4. The molecule has 1 aromatic heterocycles. The summed E-state index contributed by atoms with van der Waals surface area (Å²) in [5, 5.41) is 4.23. The van der Waals surface area contributed by atoms with Crippen LogP contribution >= 0.6 is 0 Å². The third-order valence-corrected chi connectivity index (χ3v) is 3.18. The molecule has 0 fully saturated rings. The molecule has 0 spiro atoms.